The van der Waals surface area contributed by atoms with Crippen LogP contribution in [0.15, 0.2) is 47.4 Å². The number of aryl methyl sites for hydroxylation is 2. The number of hydrogen-bond acceptors (Lipinski definition) is 4. The number of carbonyl (C=O) groups is 1. The molecule has 0 aliphatic carbocycles. The molecule has 1 aliphatic rings. The van der Waals surface area contributed by atoms with Crippen molar-refractivity contribution >= 4 is 23.4 Å². The van der Waals surface area contributed by atoms with E-state index in [9.17, 15) is 4.79 Å². The van der Waals surface area contributed by atoms with E-state index in [1.807, 2.05) is 29.2 Å². The van der Waals surface area contributed by atoms with Gasteiger partial charge in [0.1, 0.15) is 0 Å². The van der Waals surface area contributed by atoms with Gasteiger partial charge in [0.25, 0.3) is 0 Å². The van der Waals surface area contributed by atoms with Crippen molar-refractivity contribution in [3.05, 3.63) is 59.2 Å². The Kier molecular flexibility index (Phi) is 6.41. The Morgan fingerprint density at radius 1 is 1.07 bits per heavy atom. The molecular weight excluding hydrogens is 354 g/mol. The highest BCUT2D eigenvalue weighted by Gasteiger charge is 2.19. The third-order valence-corrected chi connectivity index (χ3v) is 6.05. The van der Waals surface area contributed by atoms with Crippen LogP contribution >= 0.6 is 11.8 Å². The molecule has 0 N–H and O–H groups in total. The van der Waals surface area contributed by atoms with Crippen molar-refractivity contribution in [3.8, 4) is 6.07 Å². The van der Waals surface area contributed by atoms with Crippen LogP contribution in [0.1, 0.15) is 23.1 Å². The zero-order valence-corrected chi connectivity index (χ0v) is 16.8. The fourth-order valence-corrected chi connectivity index (χ4v) is 4.29. The molecule has 2 aromatic carbocycles. The van der Waals surface area contributed by atoms with Gasteiger partial charge in [0.05, 0.1) is 17.4 Å². The van der Waals surface area contributed by atoms with Crippen LogP contribution in [0.25, 0.3) is 0 Å². The van der Waals surface area contributed by atoms with E-state index in [4.69, 9.17) is 5.26 Å². The minimum atomic E-state index is 0.211. The monoisotopic (exact) mass is 379 g/mol. The first-order chi connectivity index (χ1) is 13.1. The predicted molar refractivity (Wildman–Crippen MR) is 111 cm³/mol. The highest BCUT2D eigenvalue weighted by Crippen LogP contribution is 2.24. The van der Waals surface area contributed by atoms with Gasteiger partial charge in [0.15, 0.2) is 0 Å². The first-order valence-electron chi connectivity index (χ1n) is 9.30. The van der Waals surface area contributed by atoms with Crippen LogP contribution < -0.4 is 4.90 Å². The molecule has 1 amide bonds. The normalized spacial score (nSPS) is 14.6. The van der Waals surface area contributed by atoms with Crippen LogP contribution in [0.4, 0.5) is 5.69 Å². The summed E-state index contributed by atoms with van der Waals surface area (Å²) in [6.45, 7) is 7.47. The minimum Gasteiger partial charge on any atom is -0.370 e. The number of hydrogen-bond donors (Lipinski definition) is 0. The SMILES string of the molecule is Cc1ccc(C)c(SCC(=O)N2CCCN(c3ccc(C#N)cc3)CC2)c1. The molecule has 0 aromatic heterocycles. The van der Waals surface area contributed by atoms with E-state index in [1.54, 1.807) is 11.8 Å². The molecule has 2 aromatic rings. The number of thioether (sulfide) groups is 1. The van der Waals surface area contributed by atoms with Crippen LogP contribution in [0.2, 0.25) is 0 Å². The maximum Gasteiger partial charge on any atom is 0.232 e. The Morgan fingerprint density at radius 2 is 1.85 bits per heavy atom. The second-order valence-corrected chi connectivity index (χ2v) is 7.95. The molecule has 1 aliphatic heterocycles. The molecule has 0 spiro atoms. The van der Waals surface area contributed by atoms with Crippen LogP contribution in [-0.2, 0) is 4.79 Å². The molecule has 1 saturated heterocycles. The first kappa shape index (κ1) is 19.3. The van der Waals surface area contributed by atoms with Gasteiger partial charge >= 0.3 is 0 Å². The van der Waals surface area contributed by atoms with Crippen molar-refractivity contribution in [2.24, 2.45) is 0 Å². The average molecular weight is 380 g/mol. The Bertz CT molecular complexity index is 842. The Morgan fingerprint density at radius 3 is 2.59 bits per heavy atom. The molecule has 0 unspecified atom stereocenters. The lowest BCUT2D eigenvalue weighted by Gasteiger charge is -2.24. The summed E-state index contributed by atoms with van der Waals surface area (Å²) in [6, 6.07) is 16.2. The van der Waals surface area contributed by atoms with Gasteiger partial charge in [-0.25, -0.2) is 0 Å². The second-order valence-electron chi connectivity index (χ2n) is 6.94. The molecule has 0 atom stereocenters. The molecule has 1 fully saturated rings. The van der Waals surface area contributed by atoms with Gasteiger partial charge in [-0.15, -0.1) is 11.8 Å². The Balaban J connectivity index is 1.56. The quantitative estimate of drug-likeness (QED) is 0.753. The number of benzene rings is 2. The number of amides is 1. The van der Waals surface area contributed by atoms with Crippen molar-refractivity contribution in [1.82, 2.24) is 4.90 Å². The van der Waals surface area contributed by atoms with E-state index in [0.29, 0.717) is 11.3 Å². The van der Waals surface area contributed by atoms with E-state index in [-0.39, 0.29) is 5.91 Å². The Hall–Kier alpha value is -2.45. The van der Waals surface area contributed by atoms with Crippen molar-refractivity contribution in [3.63, 3.8) is 0 Å². The highest BCUT2D eigenvalue weighted by molar-refractivity contribution is 8.00. The molecule has 140 valence electrons. The fraction of sp³-hybridized carbons (Fsp3) is 0.364. The van der Waals surface area contributed by atoms with Crippen molar-refractivity contribution < 1.29 is 4.79 Å². The van der Waals surface area contributed by atoms with E-state index in [0.717, 1.165) is 38.3 Å². The molecule has 1 heterocycles. The maximum absolute atomic E-state index is 12.7. The molecule has 4 nitrogen and oxygen atoms in total. The summed E-state index contributed by atoms with van der Waals surface area (Å²) in [5.41, 5.74) is 4.24. The lowest BCUT2D eigenvalue weighted by Crippen LogP contribution is -2.36. The molecule has 0 bridgehead atoms. The van der Waals surface area contributed by atoms with Gasteiger partial charge in [-0.1, -0.05) is 17.7 Å². The highest BCUT2D eigenvalue weighted by atomic mass is 32.2. The zero-order chi connectivity index (χ0) is 19.2. The van der Waals surface area contributed by atoms with E-state index >= 15 is 0 Å². The van der Waals surface area contributed by atoms with Gasteiger partial charge in [-0.2, -0.15) is 5.26 Å². The van der Waals surface area contributed by atoms with Crippen LogP contribution in [0.3, 0.4) is 0 Å². The summed E-state index contributed by atoms with van der Waals surface area (Å²) in [5.74, 6) is 0.698. The second kappa shape index (κ2) is 8.96. The smallest absolute Gasteiger partial charge is 0.232 e. The summed E-state index contributed by atoms with van der Waals surface area (Å²) in [6.07, 6.45) is 0.958. The molecule has 27 heavy (non-hydrogen) atoms. The fourth-order valence-electron chi connectivity index (χ4n) is 3.27. The summed E-state index contributed by atoms with van der Waals surface area (Å²) in [7, 11) is 0. The molecule has 0 saturated carbocycles. The predicted octanol–water partition coefficient (Wildman–Crippen LogP) is 4.01. The average Bonchev–Trinajstić information content (AvgIpc) is 2.95. The van der Waals surface area contributed by atoms with Gasteiger partial charge in [-0.3, -0.25) is 4.79 Å². The molecule has 3 rings (SSSR count). The summed E-state index contributed by atoms with van der Waals surface area (Å²) in [5, 5.41) is 8.93. The molecular formula is C22H25N3OS. The van der Waals surface area contributed by atoms with Crippen molar-refractivity contribution in [2.45, 2.75) is 25.2 Å². The number of anilines is 1. The van der Waals surface area contributed by atoms with Crippen LogP contribution in [-0.4, -0.2) is 42.7 Å². The topological polar surface area (TPSA) is 47.3 Å². The molecule has 0 radical (unpaired) electrons. The van der Waals surface area contributed by atoms with E-state index < -0.39 is 0 Å². The van der Waals surface area contributed by atoms with Gasteiger partial charge in [0.2, 0.25) is 5.91 Å². The third-order valence-electron chi connectivity index (χ3n) is 4.90. The van der Waals surface area contributed by atoms with Crippen molar-refractivity contribution in [2.75, 3.05) is 36.8 Å². The van der Waals surface area contributed by atoms with Crippen LogP contribution in [0, 0.1) is 25.2 Å². The number of carbonyl (C=O) groups excluding carboxylic acids is 1. The Labute approximate surface area is 165 Å². The number of rotatable bonds is 4. The van der Waals surface area contributed by atoms with Gasteiger partial charge in [-0.05, 0) is 56.2 Å². The summed E-state index contributed by atoms with van der Waals surface area (Å²) < 4.78 is 0. The first-order valence-corrected chi connectivity index (χ1v) is 10.3. The maximum atomic E-state index is 12.7. The number of nitriles is 1. The number of nitrogens with zero attached hydrogens (tertiary/aromatic N) is 3. The van der Waals surface area contributed by atoms with Crippen LogP contribution in [0.5, 0.6) is 0 Å². The zero-order valence-electron chi connectivity index (χ0n) is 15.9. The lowest BCUT2D eigenvalue weighted by atomic mass is 10.2. The van der Waals surface area contributed by atoms with E-state index in [1.165, 1.54) is 16.0 Å². The van der Waals surface area contributed by atoms with Gasteiger partial charge in [0, 0.05) is 36.8 Å². The van der Waals surface area contributed by atoms with Gasteiger partial charge < -0.3 is 9.80 Å². The standard InChI is InChI=1S/C22H25N3OS/c1-17-4-5-18(2)21(14-17)27-16-22(26)25-11-3-10-24(12-13-25)20-8-6-19(15-23)7-9-20/h4-9,14H,3,10-13,16H2,1-2H3. The summed E-state index contributed by atoms with van der Waals surface area (Å²) >= 11 is 1.64. The lowest BCUT2D eigenvalue weighted by molar-refractivity contribution is -0.128. The third kappa shape index (κ3) is 5.05. The van der Waals surface area contributed by atoms with E-state index in [2.05, 4.69) is 43.0 Å². The summed E-state index contributed by atoms with van der Waals surface area (Å²) in [4.78, 5) is 18.2. The minimum absolute atomic E-state index is 0.211. The molecule has 5 heteroatoms. The van der Waals surface area contributed by atoms with Crippen molar-refractivity contribution in [1.29, 1.82) is 5.26 Å². The largest absolute Gasteiger partial charge is 0.370 e.